The van der Waals surface area contributed by atoms with Crippen molar-refractivity contribution in [1.29, 1.82) is 0 Å². The number of imidazole rings is 1. The van der Waals surface area contributed by atoms with Crippen molar-refractivity contribution in [3.05, 3.63) is 59.9 Å². The molecule has 3 aromatic rings. The molecule has 0 spiro atoms. The molecule has 0 aliphatic carbocycles. The van der Waals surface area contributed by atoms with Gasteiger partial charge >= 0.3 is 5.97 Å². The molecule has 9 nitrogen and oxygen atoms in total. The number of benzene rings is 2. The molecule has 4 rings (SSSR count). The lowest BCUT2D eigenvalue weighted by Gasteiger charge is -2.26. The van der Waals surface area contributed by atoms with Crippen LogP contribution in [-0.2, 0) is 37.4 Å². The molecule has 1 aliphatic rings. The van der Waals surface area contributed by atoms with Gasteiger partial charge in [0.25, 0.3) is 0 Å². The lowest BCUT2D eigenvalue weighted by molar-refractivity contribution is -0.139. The van der Waals surface area contributed by atoms with Crippen LogP contribution in [0.1, 0.15) is 18.3 Å². The van der Waals surface area contributed by atoms with Crippen LogP contribution in [0.3, 0.4) is 0 Å². The van der Waals surface area contributed by atoms with E-state index >= 15 is 0 Å². The molecule has 0 saturated carbocycles. The van der Waals surface area contributed by atoms with Crippen molar-refractivity contribution in [2.24, 2.45) is 0 Å². The van der Waals surface area contributed by atoms with E-state index < -0.39 is 16.0 Å². The summed E-state index contributed by atoms with van der Waals surface area (Å²) < 4.78 is 45.2. The summed E-state index contributed by atoms with van der Waals surface area (Å²) in [7, 11) is -2.06. The van der Waals surface area contributed by atoms with Gasteiger partial charge in [-0.25, -0.2) is 18.2 Å². The first-order valence-corrected chi connectivity index (χ1v) is 12.4. The second kappa shape index (κ2) is 10.4. The largest absolute Gasteiger partial charge is 0.496 e. The highest BCUT2D eigenvalue weighted by Gasteiger charge is 2.27. The normalized spacial score (nSPS) is 15.1. The second-order valence-corrected chi connectivity index (χ2v) is 9.56. The number of morpholine rings is 1. The van der Waals surface area contributed by atoms with Crippen molar-refractivity contribution in [3.8, 4) is 5.75 Å². The zero-order valence-electron chi connectivity index (χ0n) is 19.1. The van der Waals surface area contributed by atoms with Crippen LogP contribution in [0, 0.1) is 0 Å². The zero-order valence-corrected chi connectivity index (χ0v) is 20.0. The number of hydrogen-bond donors (Lipinski definition) is 0. The summed E-state index contributed by atoms with van der Waals surface area (Å²) in [5.41, 5.74) is 2.07. The zero-order chi connectivity index (χ0) is 24.1. The van der Waals surface area contributed by atoms with Crippen molar-refractivity contribution < 1.29 is 27.4 Å². The van der Waals surface area contributed by atoms with Gasteiger partial charge in [0, 0.05) is 31.3 Å². The Hall–Kier alpha value is -3.21. The summed E-state index contributed by atoms with van der Waals surface area (Å²) in [4.78, 5) is 17.0. The Morgan fingerprint density at radius 3 is 2.68 bits per heavy atom. The van der Waals surface area contributed by atoms with Crippen molar-refractivity contribution >= 4 is 33.1 Å². The molecule has 0 amide bonds. The minimum atomic E-state index is -3.63. The van der Waals surface area contributed by atoms with E-state index in [0.29, 0.717) is 49.9 Å². The monoisotopic (exact) mass is 485 g/mol. The third kappa shape index (κ3) is 4.98. The maximum absolute atomic E-state index is 13.0. The third-order valence-electron chi connectivity index (χ3n) is 5.60. The van der Waals surface area contributed by atoms with Crippen LogP contribution in [0.4, 0.5) is 0 Å². The molecule has 34 heavy (non-hydrogen) atoms. The molecule has 1 saturated heterocycles. The Morgan fingerprint density at radius 1 is 1.18 bits per heavy atom. The van der Waals surface area contributed by atoms with E-state index in [1.54, 1.807) is 31.4 Å². The van der Waals surface area contributed by atoms with Crippen LogP contribution in [-0.4, -0.2) is 61.7 Å². The smallest absolute Gasteiger partial charge is 0.331 e. The Bertz CT molecular complexity index is 1310. The van der Waals surface area contributed by atoms with E-state index in [4.69, 9.17) is 14.2 Å². The van der Waals surface area contributed by atoms with Crippen LogP contribution < -0.4 is 4.74 Å². The number of rotatable bonds is 8. The van der Waals surface area contributed by atoms with Crippen LogP contribution in [0.2, 0.25) is 0 Å². The van der Waals surface area contributed by atoms with Crippen molar-refractivity contribution in [1.82, 2.24) is 13.9 Å². The average Bonchev–Trinajstić information content (AvgIpc) is 3.23. The Labute approximate surface area is 198 Å². The summed E-state index contributed by atoms with van der Waals surface area (Å²) in [6.07, 6.45) is 2.97. The van der Waals surface area contributed by atoms with Gasteiger partial charge in [0.2, 0.25) is 10.0 Å². The molecule has 10 heteroatoms. The van der Waals surface area contributed by atoms with Crippen molar-refractivity contribution in [3.63, 3.8) is 0 Å². The lowest BCUT2D eigenvalue weighted by atomic mass is 10.2. The van der Waals surface area contributed by atoms with Crippen LogP contribution in [0.5, 0.6) is 5.75 Å². The first-order chi connectivity index (χ1) is 16.4. The topological polar surface area (TPSA) is 100.0 Å². The van der Waals surface area contributed by atoms with Crippen molar-refractivity contribution in [2.75, 3.05) is 33.4 Å². The maximum atomic E-state index is 13.0. The fraction of sp³-hybridized carbons (Fsp3) is 0.333. The van der Waals surface area contributed by atoms with E-state index in [-0.39, 0.29) is 11.5 Å². The van der Waals surface area contributed by atoms with Gasteiger partial charge in [-0.1, -0.05) is 18.2 Å². The van der Waals surface area contributed by atoms with Crippen LogP contribution in [0.15, 0.2) is 53.4 Å². The minimum Gasteiger partial charge on any atom is -0.496 e. The molecule has 2 aromatic carbocycles. The predicted octanol–water partition coefficient (Wildman–Crippen LogP) is 2.84. The lowest BCUT2D eigenvalue weighted by Crippen LogP contribution is -2.40. The predicted molar refractivity (Wildman–Crippen MR) is 127 cm³/mol. The van der Waals surface area contributed by atoms with E-state index in [1.165, 1.54) is 10.4 Å². The number of para-hydroxylation sites is 1. The van der Waals surface area contributed by atoms with E-state index in [1.807, 2.05) is 35.8 Å². The summed E-state index contributed by atoms with van der Waals surface area (Å²) in [5.74, 6) is 0.677. The number of methoxy groups -OCH3 is 1. The summed E-state index contributed by atoms with van der Waals surface area (Å²) in [6.45, 7) is 3.92. The van der Waals surface area contributed by atoms with Gasteiger partial charge in [-0.05, 0) is 37.3 Å². The summed E-state index contributed by atoms with van der Waals surface area (Å²) >= 11 is 0. The second-order valence-electron chi connectivity index (χ2n) is 7.62. The number of nitrogens with zero attached hydrogens (tertiary/aromatic N) is 3. The number of carbonyl (C=O) groups excluding carboxylic acids is 1. The number of esters is 1. The van der Waals surface area contributed by atoms with Gasteiger partial charge in [-0.15, -0.1) is 0 Å². The Morgan fingerprint density at radius 2 is 1.94 bits per heavy atom. The van der Waals surface area contributed by atoms with Gasteiger partial charge < -0.3 is 18.8 Å². The van der Waals surface area contributed by atoms with E-state index in [2.05, 4.69) is 4.98 Å². The summed E-state index contributed by atoms with van der Waals surface area (Å²) in [6, 6.07) is 12.2. The molecular formula is C24H27N3O6S. The van der Waals surface area contributed by atoms with Gasteiger partial charge in [0.05, 0.1) is 36.3 Å². The fourth-order valence-corrected chi connectivity index (χ4v) is 5.29. The quantitative estimate of drug-likeness (QED) is 0.357. The van der Waals surface area contributed by atoms with Gasteiger partial charge in [-0.3, -0.25) is 0 Å². The van der Waals surface area contributed by atoms with Crippen LogP contribution >= 0.6 is 0 Å². The van der Waals surface area contributed by atoms with Gasteiger partial charge in [0.1, 0.15) is 18.2 Å². The SMILES string of the molecule is CCn1c(COC(=O)/C=C/c2ccccc2OC)nc2cc(S(=O)(=O)N3CCOCC3)ccc21. The molecule has 0 unspecified atom stereocenters. The molecule has 1 aromatic heterocycles. The van der Waals surface area contributed by atoms with E-state index in [9.17, 15) is 13.2 Å². The number of hydrogen-bond acceptors (Lipinski definition) is 7. The summed E-state index contributed by atoms with van der Waals surface area (Å²) in [5, 5.41) is 0. The van der Waals surface area contributed by atoms with Crippen molar-refractivity contribution in [2.45, 2.75) is 25.0 Å². The first kappa shape index (κ1) is 23.9. The molecule has 180 valence electrons. The molecule has 2 heterocycles. The molecule has 0 N–H and O–H groups in total. The number of fused-ring (bicyclic) bond motifs is 1. The minimum absolute atomic E-state index is 0.0385. The Kier molecular flexibility index (Phi) is 7.30. The average molecular weight is 486 g/mol. The highest BCUT2D eigenvalue weighted by atomic mass is 32.2. The number of aromatic nitrogens is 2. The van der Waals surface area contributed by atoms with Gasteiger partial charge in [0.15, 0.2) is 0 Å². The van der Waals surface area contributed by atoms with Crippen LogP contribution in [0.25, 0.3) is 17.1 Å². The molecule has 1 aliphatic heterocycles. The fourth-order valence-electron chi connectivity index (χ4n) is 3.86. The number of aryl methyl sites for hydroxylation is 1. The molecule has 0 radical (unpaired) electrons. The highest BCUT2D eigenvalue weighted by Crippen LogP contribution is 2.24. The molecular weight excluding hydrogens is 458 g/mol. The number of sulfonamides is 1. The third-order valence-corrected chi connectivity index (χ3v) is 7.50. The van der Waals surface area contributed by atoms with E-state index in [0.717, 1.165) is 11.1 Å². The first-order valence-electron chi connectivity index (χ1n) is 11.0. The molecule has 0 bridgehead atoms. The molecule has 0 atom stereocenters. The molecule has 1 fully saturated rings. The maximum Gasteiger partial charge on any atom is 0.331 e. The standard InChI is InChI=1S/C24H27N3O6S/c1-3-27-21-10-9-19(34(29,30)26-12-14-32-15-13-26)16-20(21)25-23(27)17-33-24(28)11-8-18-6-4-5-7-22(18)31-2/h4-11,16H,3,12-15,17H2,1-2H3/b11-8+. The highest BCUT2D eigenvalue weighted by molar-refractivity contribution is 7.89. The van der Waals surface area contributed by atoms with Gasteiger partial charge in [-0.2, -0.15) is 4.31 Å². The Balaban J connectivity index is 1.51. The number of carbonyl (C=O) groups is 1. The number of ether oxygens (including phenoxy) is 3.